The number of unbranched alkanes of at least 4 members (excludes halogenated alkanes) is 5. The molecule has 2 aromatic rings. The van der Waals surface area contributed by atoms with Crippen molar-refractivity contribution < 1.29 is 0 Å². The Morgan fingerprint density at radius 1 is 1.05 bits per heavy atom. The van der Waals surface area contributed by atoms with E-state index in [0.29, 0.717) is 4.83 Å². The number of benzene rings is 1. The standard InChI is InChI=1S/C18H25BrN2/c1-2-3-4-5-6-10-13-18(19)16-14-20-21(15-16)17-11-8-7-9-12-17/h7-9,11-12,14-15,18H,2-6,10,13H2,1H3. The molecule has 0 N–H and O–H groups in total. The summed E-state index contributed by atoms with van der Waals surface area (Å²) in [5, 5.41) is 4.46. The van der Waals surface area contributed by atoms with Gasteiger partial charge in [0.15, 0.2) is 0 Å². The highest BCUT2D eigenvalue weighted by Gasteiger charge is 2.10. The van der Waals surface area contributed by atoms with Crippen molar-refractivity contribution in [2.24, 2.45) is 0 Å². The smallest absolute Gasteiger partial charge is 0.0645 e. The third kappa shape index (κ3) is 5.31. The van der Waals surface area contributed by atoms with Gasteiger partial charge in [0.1, 0.15) is 0 Å². The van der Waals surface area contributed by atoms with E-state index >= 15 is 0 Å². The van der Waals surface area contributed by atoms with E-state index in [1.165, 1.54) is 50.5 Å². The van der Waals surface area contributed by atoms with E-state index in [0.717, 1.165) is 5.69 Å². The Bertz CT molecular complexity index is 507. The van der Waals surface area contributed by atoms with Gasteiger partial charge in [-0.05, 0) is 18.6 Å². The van der Waals surface area contributed by atoms with Crippen molar-refractivity contribution in [3.8, 4) is 5.69 Å². The monoisotopic (exact) mass is 348 g/mol. The molecule has 0 bridgehead atoms. The average Bonchev–Trinajstić information content (AvgIpc) is 3.01. The summed E-state index contributed by atoms with van der Waals surface area (Å²) >= 11 is 3.80. The Morgan fingerprint density at radius 2 is 1.76 bits per heavy atom. The van der Waals surface area contributed by atoms with Crippen LogP contribution < -0.4 is 0 Å². The Balaban J connectivity index is 1.78. The van der Waals surface area contributed by atoms with Crippen LogP contribution in [0.25, 0.3) is 5.69 Å². The molecule has 0 aliphatic heterocycles. The fourth-order valence-corrected chi connectivity index (χ4v) is 3.05. The van der Waals surface area contributed by atoms with Gasteiger partial charge in [0.25, 0.3) is 0 Å². The van der Waals surface area contributed by atoms with E-state index in [1.807, 2.05) is 29.1 Å². The third-order valence-electron chi connectivity index (χ3n) is 3.80. The Hall–Kier alpha value is -1.09. The summed E-state index contributed by atoms with van der Waals surface area (Å²) in [7, 11) is 0. The summed E-state index contributed by atoms with van der Waals surface area (Å²) in [4.78, 5) is 0.418. The van der Waals surface area contributed by atoms with Crippen molar-refractivity contribution in [1.82, 2.24) is 9.78 Å². The van der Waals surface area contributed by atoms with Gasteiger partial charge in [-0.3, -0.25) is 0 Å². The first-order valence-corrected chi connectivity index (χ1v) is 8.97. The minimum atomic E-state index is 0.418. The van der Waals surface area contributed by atoms with E-state index in [-0.39, 0.29) is 0 Å². The lowest BCUT2D eigenvalue weighted by molar-refractivity contribution is 0.588. The second-order valence-electron chi connectivity index (χ2n) is 5.58. The number of nitrogens with zero attached hydrogens (tertiary/aromatic N) is 2. The van der Waals surface area contributed by atoms with Gasteiger partial charge >= 0.3 is 0 Å². The maximum Gasteiger partial charge on any atom is 0.0645 e. The number of alkyl halides is 1. The van der Waals surface area contributed by atoms with Gasteiger partial charge in [-0.2, -0.15) is 5.10 Å². The fourth-order valence-electron chi connectivity index (χ4n) is 2.49. The van der Waals surface area contributed by atoms with E-state index < -0.39 is 0 Å². The predicted molar refractivity (Wildman–Crippen MR) is 93.2 cm³/mol. The average molecular weight is 349 g/mol. The molecular formula is C18H25BrN2. The highest BCUT2D eigenvalue weighted by molar-refractivity contribution is 9.09. The number of hydrogen-bond donors (Lipinski definition) is 0. The molecule has 1 heterocycles. The number of rotatable bonds is 9. The van der Waals surface area contributed by atoms with Gasteiger partial charge in [0.05, 0.1) is 11.9 Å². The molecule has 21 heavy (non-hydrogen) atoms. The number of aromatic nitrogens is 2. The van der Waals surface area contributed by atoms with Crippen LogP contribution in [0.3, 0.4) is 0 Å². The predicted octanol–water partition coefficient (Wildman–Crippen LogP) is 6.06. The van der Waals surface area contributed by atoms with Crippen LogP contribution in [0.15, 0.2) is 42.7 Å². The van der Waals surface area contributed by atoms with Crippen LogP contribution in [0, 0.1) is 0 Å². The molecule has 2 rings (SSSR count). The topological polar surface area (TPSA) is 17.8 Å². The largest absolute Gasteiger partial charge is 0.241 e. The molecule has 0 aliphatic carbocycles. The second-order valence-corrected chi connectivity index (χ2v) is 6.68. The lowest BCUT2D eigenvalue weighted by Crippen LogP contribution is -1.93. The zero-order valence-electron chi connectivity index (χ0n) is 12.8. The molecule has 1 atom stereocenters. The molecule has 1 aromatic heterocycles. The maximum absolute atomic E-state index is 4.46. The zero-order valence-corrected chi connectivity index (χ0v) is 14.4. The maximum atomic E-state index is 4.46. The fraction of sp³-hybridized carbons (Fsp3) is 0.500. The van der Waals surface area contributed by atoms with Crippen LogP contribution in [0.4, 0.5) is 0 Å². The van der Waals surface area contributed by atoms with Crippen molar-refractivity contribution in [2.75, 3.05) is 0 Å². The quantitative estimate of drug-likeness (QED) is 0.397. The van der Waals surface area contributed by atoms with E-state index in [2.05, 4.69) is 46.3 Å². The summed E-state index contributed by atoms with van der Waals surface area (Å²) in [5.74, 6) is 0. The highest BCUT2D eigenvalue weighted by atomic mass is 79.9. The molecule has 2 nitrogen and oxygen atoms in total. The van der Waals surface area contributed by atoms with Crippen LogP contribution in [-0.2, 0) is 0 Å². The molecule has 114 valence electrons. The summed E-state index contributed by atoms with van der Waals surface area (Å²) in [6.45, 7) is 2.26. The number of para-hydroxylation sites is 1. The molecule has 0 fully saturated rings. The first kappa shape index (κ1) is 16.3. The second kappa shape index (κ2) is 9.04. The summed E-state index contributed by atoms with van der Waals surface area (Å²) in [5.41, 5.74) is 2.38. The molecule has 0 saturated heterocycles. The van der Waals surface area contributed by atoms with Crippen molar-refractivity contribution in [3.05, 3.63) is 48.3 Å². The molecule has 0 aliphatic rings. The van der Waals surface area contributed by atoms with Crippen LogP contribution in [0.2, 0.25) is 0 Å². The lowest BCUT2D eigenvalue weighted by Gasteiger charge is -2.07. The van der Waals surface area contributed by atoms with Crippen LogP contribution in [0.1, 0.15) is 62.3 Å². The first-order chi connectivity index (χ1) is 10.3. The minimum Gasteiger partial charge on any atom is -0.241 e. The summed E-state index contributed by atoms with van der Waals surface area (Å²) < 4.78 is 1.95. The first-order valence-electron chi connectivity index (χ1n) is 8.05. The van der Waals surface area contributed by atoms with Gasteiger partial charge in [-0.15, -0.1) is 0 Å². The zero-order chi connectivity index (χ0) is 14.9. The lowest BCUT2D eigenvalue weighted by atomic mass is 10.1. The molecule has 0 amide bonds. The Kier molecular flexibility index (Phi) is 7.01. The summed E-state index contributed by atoms with van der Waals surface area (Å²) in [6.07, 6.45) is 13.4. The van der Waals surface area contributed by atoms with E-state index in [4.69, 9.17) is 0 Å². The van der Waals surface area contributed by atoms with Crippen LogP contribution in [-0.4, -0.2) is 9.78 Å². The van der Waals surface area contributed by atoms with Crippen LogP contribution >= 0.6 is 15.9 Å². The number of hydrogen-bond acceptors (Lipinski definition) is 1. The van der Waals surface area contributed by atoms with E-state index in [1.54, 1.807) is 0 Å². The van der Waals surface area contributed by atoms with Crippen molar-refractivity contribution >= 4 is 15.9 Å². The summed E-state index contributed by atoms with van der Waals surface area (Å²) in [6, 6.07) is 10.3. The van der Waals surface area contributed by atoms with Gasteiger partial charge in [0.2, 0.25) is 0 Å². The highest BCUT2D eigenvalue weighted by Crippen LogP contribution is 2.29. The Labute approximate surface area is 136 Å². The molecule has 3 heteroatoms. The van der Waals surface area contributed by atoms with Gasteiger partial charge in [0, 0.05) is 16.6 Å². The molecular weight excluding hydrogens is 324 g/mol. The van der Waals surface area contributed by atoms with E-state index in [9.17, 15) is 0 Å². The van der Waals surface area contributed by atoms with Gasteiger partial charge in [-0.25, -0.2) is 4.68 Å². The molecule has 0 saturated carbocycles. The molecule has 1 aromatic carbocycles. The van der Waals surface area contributed by atoms with Crippen LogP contribution in [0.5, 0.6) is 0 Å². The van der Waals surface area contributed by atoms with Crippen molar-refractivity contribution in [1.29, 1.82) is 0 Å². The van der Waals surface area contributed by atoms with Gasteiger partial charge < -0.3 is 0 Å². The number of halogens is 1. The molecule has 1 unspecified atom stereocenters. The van der Waals surface area contributed by atoms with Crippen molar-refractivity contribution in [3.63, 3.8) is 0 Å². The molecule has 0 radical (unpaired) electrons. The van der Waals surface area contributed by atoms with Crippen molar-refractivity contribution in [2.45, 2.75) is 56.7 Å². The van der Waals surface area contributed by atoms with Gasteiger partial charge in [-0.1, -0.05) is 79.6 Å². The third-order valence-corrected chi connectivity index (χ3v) is 4.78. The molecule has 0 spiro atoms. The normalized spacial score (nSPS) is 12.5. The minimum absolute atomic E-state index is 0.418. The SMILES string of the molecule is CCCCCCCCC(Br)c1cnn(-c2ccccc2)c1. The Morgan fingerprint density at radius 3 is 2.52 bits per heavy atom.